The van der Waals surface area contributed by atoms with Gasteiger partial charge in [-0.15, -0.1) is 0 Å². The van der Waals surface area contributed by atoms with E-state index in [1.54, 1.807) is 4.90 Å². The molecule has 0 bridgehead atoms. The van der Waals surface area contributed by atoms with Crippen molar-refractivity contribution in [3.05, 3.63) is 12.2 Å². The Morgan fingerprint density at radius 3 is 2.80 bits per heavy atom. The summed E-state index contributed by atoms with van der Waals surface area (Å²) in [6.07, 6.45) is 11.8. The monoisotopic (exact) mass is 209 g/mol. The zero-order valence-corrected chi connectivity index (χ0v) is 9.98. The Labute approximate surface area is 93.3 Å². The van der Waals surface area contributed by atoms with Crippen LogP contribution in [0, 0.1) is 11.8 Å². The Bertz CT molecular complexity index is 213. The van der Waals surface area contributed by atoms with Crippen molar-refractivity contribution in [2.45, 2.75) is 39.0 Å². The molecule has 1 aliphatic carbocycles. The van der Waals surface area contributed by atoms with Gasteiger partial charge in [0.2, 0.25) is 6.41 Å². The summed E-state index contributed by atoms with van der Waals surface area (Å²) in [4.78, 5) is 12.0. The third-order valence-electron chi connectivity index (χ3n) is 3.20. The minimum atomic E-state index is 0.882. The molecule has 1 fully saturated rings. The molecular weight excluding hydrogens is 186 g/mol. The van der Waals surface area contributed by atoms with Gasteiger partial charge in [0.1, 0.15) is 0 Å². The van der Waals surface area contributed by atoms with Gasteiger partial charge in [0.25, 0.3) is 0 Å². The highest BCUT2D eigenvalue weighted by molar-refractivity contribution is 5.46. The van der Waals surface area contributed by atoms with E-state index in [1.165, 1.54) is 25.7 Å². The molecule has 86 valence electrons. The highest BCUT2D eigenvalue weighted by atomic mass is 16.1. The summed E-state index contributed by atoms with van der Waals surface area (Å²) in [5.74, 6) is 1.86. The lowest BCUT2D eigenvalue weighted by Gasteiger charge is -2.08. The second kappa shape index (κ2) is 6.65. The van der Waals surface area contributed by atoms with Gasteiger partial charge in [-0.25, -0.2) is 0 Å². The Kier molecular flexibility index (Phi) is 5.44. The molecule has 0 heterocycles. The molecule has 0 aromatic carbocycles. The van der Waals surface area contributed by atoms with Crippen molar-refractivity contribution < 1.29 is 4.79 Å². The number of hydrogen-bond acceptors (Lipinski definition) is 1. The molecule has 0 aliphatic heterocycles. The van der Waals surface area contributed by atoms with Crippen LogP contribution >= 0.6 is 0 Å². The standard InChI is InChI=1S/C13H23NO/c1-3-12-10-13(12)8-6-4-5-7-9-14(2)11-15/h6,8,11-13H,3-5,7,9-10H2,1-2H3/b8-6-/t12?,13-/m1/s1. The first-order valence-electron chi connectivity index (χ1n) is 6.10. The fraction of sp³-hybridized carbons (Fsp3) is 0.769. The van der Waals surface area contributed by atoms with Gasteiger partial charge in [0.05, 0.1) is 0 Å². The lowest BCUT2D eigenvalue weighted by atomic mass is 10.2. The molecule has 1 rings (SSSR count). The van der Waals surface area contributed by atoms with Gasteiger partial charge < -0.3 is 4.90 Å². The fourth-order valence-corrected chi connectivity index (χ4v) is 1.92. The smallest absolute Gasteiger partial charge is 0.209 e. The van der Waals surface area contributed by atoms with E-state index in [-0.39, 0.29) is 0 Å². The summed E-state index contributed by atoms with van der Waals surface area (Å²) in [7, 11) is 1.83. The first-order valence-corrected chi connectivity index (χ1v) is 6.10. The van der Waals surface area contributed by atoms with Crippen molar-refractivity contribution in [1.82, 2.24) is 4.90 Å². The fourth-order valence-electron chi connectivity index (χ4n) is 1.92. The van der Waals surface area contributed by atoms with Gasteiger partial charge >= 0.3 is 0 Å². The minimum Gasteiger partial charge on any atom is -0.348 e. The summed E-state index contributed by atoms with van der Waals surface area (Å²) in [6, 6.07) is 0. The van der Waals surface area contributed by atoms with E-state index in [0.29, 0.717) is 0 Å². The summed E-state index contributed by atoms with van der Waals surface area (Å²) in [5, 5.41) is 0. The lowest BCUT2D eigenvalue weighted by molar-refractivity contribution is -0.117. The molecule has 0 aromatic heterocycles. The Morgan fingerprint density at radius 1 is 1.40 bits per heavy atom. The number of rotatable bonds is 8. The van der Waals surface area contributed by atoms with E-state index in [9.17, 15) is 4.79 Å². The maximum Gasteiger partial charge on any atom is 0.209 e. The SMILES string of the molecule is CCC1C[C@H]1/C=C\CCCCN(C)C=O. The summed E-state index contributed by atoms with van der Waals surface area (Å²) >= 11 is 0. The molecule has 0 spiro atoms. The van der Waals surface area contributed by atoms with E-state index in [4.69, 9.17) is 0 Å². The molecule has 1 saturated carbocycles. The van der Waals surface area contributed by atoms with Crippen LogP contribution in [0.4, 0.5) is 0 Å². The van der Waals surface area contributed by atoms with Crippen molar-refractivity contribution in [2.75, 3.05) is 13.6 Å². The number of carbonyl (C=O) groups excluding carboxylic acids is 1. The lowest BCUT2D eigenvalue weighted by Crippen LogP contribution is -2.16. The van der Waals surface area contributed by atoms with Crippen molar-refractivity contribution in [3.63, 3.8) is 0 Å². The minimum absolute atomic E-state index is 0.882. The Balaban J connectivity index is 1.91. The molecular formula is C13H23NO. The second-order valence-corrected chi connectivity index (χ2v) is 4.58. The molecule has 2 heteroatoms. The van der Waals surface area contributed by atoms with Crippen molar-refractivity contribution in [2.24, 2.45) is 11.8 Å². The topological polar surface area (TPSA) is 20.3 Å². The average Bonchev–Trinajstić information content (AvgIpc) is 3.01. The van der Waals surface area contributed by atoms with Crippen LogP contribution in [0.3, 0.4) is 0 Å². The number of hydrogen-bond donors (Lipinski definition) is 0. The number of carbonyl (C=O) groups is 1. The zero-order chi connectivity index (χ0) is 11.1. The molecule has 1 amide bonds. The molecule has 0 N–H and O–H groups in total. The number of amides is 1. The third kappa shape index (κ3) is 5.01. The summed E-state index contributed by atoms with van der Waals surface area (Å²) in [6.45, 7) is 3.16. The van der Waals surface area contributed by atoms with Crippen LogP contribution in [0.2, 0.25) is 0 Å². The quantitative estimate of drug-likeness (QED) is 0.342. The molecule has 0 aromatic rings. The molecule has 1 unspecified atom stereocenters. The van der Waals surface area contributed by atoms with Crippen molar-refractivity contribution in [1.29, 1.82) is 0 Å². The van der Waals surface area contributed by atoms with Crippen LogP contribution < -0.4 is 0 Å². The first kappa shape index (κ1) is 12.3. The zero-order valence-electron chi connectivity index (χ0n) is 9.98. The van der Waals surface area contributed by atoms with E-state index in [0.717, 1.165) is 31.2 Å². The van der Waals surface area contributed by atoms with Gasteiger partial charge in [-0.3, -0.25) is 4.79 Å². The van der Waals surface area contributed by atoms with Gasteiger partial charge in [0.15, 0.2) is 0 Å². The van der Waals surface area contributed by atoms with Gasteiger partial charge in [-0.1, -0.05) is 25.5 Å². The highest BCUT2D eigenvalue weighted by Gasteiger charge is 2.32. The van der Waals surface area contributed by atoms with E-state index in [1.807, 2.05) is 7.05 Å². The van der Waals surface area contributed by atoms with Gasteiger partial charge in [-0.2, -0.15) is 0 Å². The van der Waals surface area contributed by atoms with E-state index < -0.39 is 0 Å². The third-order valence-corrected chi connectivity index (χ3v) is 3.20. The van der Waals surface area contributed by atoms with E-state index in [2.05, 4.69) is 19.1 Å². The predicted octanol–water partition coefficient (Wildman–Crippen LogP) is 2.85. The van der Waals surface area contributed by atoms with Crippen LogP contribution in [-0.4, -0.2) is 24.9 Å². The number of unbranched alkanes of at least 4 members (excludes halogenated alkanes) is 2. The van der Waals surface area contributed by atoms with Crippen LogP contribution in [0.25, 0.3) is 0 Å². The predicted molar refractivity (Wildman–Crippen MR) is 63.6 cm³/mol. The van der Waals surface area contributed by atoms with Crippen LogP contribution in [0.5, 0.6) is 0 Å². The normalized spacial score (nSPS) is 24.4. The molecule has 0 saturated heterocycles. The summed E-state index contributed by atoms with van der Waals surface area (Å²) in [5.41, 5.74) is 0. The Morgan fingerprint density at radius 2 is 2.20 bits per heavy atom. The van der Waals surface area contributed by atoms with Crippen LogP contribution in [0.15, 0.2) is 12.2 Å². The second-order valence-electron chi connectivity index (χ2n) is 4.58. The van der Waals surface area contributed by atoms with Crippen LogP contribution in [0.1, 0.15) is 39.0 Å². The first-order chi connectivity index (χ1) is 7.27. The Hall–Kier alpha value is -0.790. The van der Waals surface area contributed by atoms with Crippen LogP contribution in [-0.2, 0) is 4.79 Å². The maximum absolute atomic E-state index is 10.3. The van der Waals surface area contributed by atoms with Crippen molar-refractivity contribution >= 4 is 6.41 Å². The molecule has 1 aliphatic rings. The molecule has 0 radical (unpaired) electrons. The maximum atomic E-state index is 10.3. The average molecular weight is 209 g/mol. The molecule has 2 nitrogen and oxygen atoms in total. The summed E-state index contributed by atoms with van der Waals surface area (Å²) < 4.78 is 0. The molecule has 15 heavy (non-hydrogen) atoms. The number of allylic oxidation sites excluding steroid dienone is 2. The van der Waals surface area contributed by atoms with Crippen molar-refractivity contribution in [3.8, 4) is 0 Å². The molecule has 2 atom stereocenters. The number of nitrogens with zero attached hydrogens (tertiary/aromatic N) is 1. The largest absolute Gasteiger partial charge is 0.348 e. The van der Waals surface area contributed by atoms with Gasteiger partial charge in [0, 0.05) is 13.6 Å². The highest BCUT2D eigenvalue weighted by Crippen LogP contribution is 2.41. The van der Waals surface area contributed by atoms with E-state index >= 15 is 0 Å². The van der Waals surface area contributed by atoms with Gasteiger partial charge in [-0.05, 0) is 37.5 Å².